The fourth-order valence-electron chi connectivity index (χ4n) is 10.6. The molecule has 0 saturated heterocycles. The van der Waals surface area contributed by atoms with Gasteiger partial charge in [0.05, 0.1) is 11.1 Å². The highest BCUT2D eigenvalue weighted by molar-refractivity contribution is 6.19. The van der Waals surface area contributed by atoms with Crippen molar-refractivity contribution < 1.29 is 4.42 Å². The molecule has 13 rings (SSSR count). The molecule has 1 spiro atoms. The maximum absolute atomic E-state index is 6.42. The van der Waals surface area contributed by atoms with Crippen LogP contribution < -0.4 is 5.32 Å². The summed E-state index contributed by atoms with van der Waals surface area (Å²) in [5.41, 5.74) is 19.8. The lowest BCUT2D eigenvalue weighted by molar-refractivity contribution is 0.599. The second kappa shape index (κ2) is 12.6. The van der Waals surface area contributed by atoms with Crippen molar-refractivity contribution in [2.24, 2.45) is 4.99 Å². The molecule has 1 unspecified atom stereocenters. The first-order chi connectivity index (χ1) is 29.8. The molecule has 2 aliphatic carbocycles. The smallest absolute Gasteiger partial charge is 0.177 e. The third-order valence-corrected chi connectivity index (χ3v) is 13.1. The van der Waals surface area contributed by atoms with Crippen molar-refractivity contribution in [1.82, 2.24) is 0 Å². The standard InChI is InChI=1S/C57H36N2O/c1-3-15-36(16-4-1)51-41-20-8-7-19-40(41)34-49-52(51)44-32-31-39(33-48(44)57(49)46-24-12-9-21-42(46)43-22-10-13-25-47(43)57)35-27-29-38(30-28-35)56-58-53(37-17-5-2-6-18-37)55-54(59-56)45-23-11-14-26-50(45)60-55/h1-34,56,59H. The van der Waals surface area contributed by atoms with Crippen LogP contribution in [-0.4, -0.2) is 5.71 Å². The Hall–Kier alpha value is -7.75. The molecule has 0 saturated carbocycles. The van der Waals surface area contributed by atoms with Gasteiger partial charge in [-0.05, 0) is 107 Å². The first-order valence-electron chi connectivity index (χ1n) is 20.7. The van der Waals surface area contributed by atoms with Gasteiger partial charge in [-0.3, -0.25) is 4.99 Å². The van der Waals surface area contributed by atoms with Crippen molar-refractivity contribution in [3.8, 4) is 44.5 Å². The van der Waals surface area contributed by atoms with Crippen LogP contribution >= 0.6 is 0 Å². The van der Waals surface area contributed by atoms with Gasteiger partial charge < -0.3 is 9.73 Å². The molecule has 1 aromatic heterocycles. The van der Waals surface area contributed by atoms with Gasteiger partial charge in [-0.2, -0.15) is 0 Å². The fraction of sp³-hybridized carbons (Fsp3) is 0.0351. The number of hydrogen-bond acceptors (Lipinski definition) is 3. The molecule has 10 aromatic rings. The van der Waals surface area contributed by atoms with Crippen molar-refractivity contribution in [2.75, 3.05) is 5.32 Å². The van der Waals surface area contributed by atoms with E-state index < -0.39 is 5.41 Å². The van der Waals surface area contributed by atoms with E-state index in [0.717, 1.165) is 44.8 Å². The third kappa shape index (κ3) is 4.57. The Morgan fingerprint density at radius 1 is 0.433 bits per heavy atom. The number of anilines is 1. The van der Waals surface area contributed by atoms with Crippen molar-refractivity contribution in [3.05, 3.63) is 245 Å². The number of para-hydroxylation sites is 1. The van der Waals surface area contributed by atoms with Crippen LogP contribution in [0.2, 0.25) is 0 Å². The van der Waals surface area contributed by atoms with E-state index in [1.807, 2.05) is 18.2 Å². The van der Waals surface area contributed by atoms with Crippen LogP contribution in [0.25, 0.3) is 66.2 Å². The first-order valence-corrected chi connectivity index (χ1v) is 20.7. The molecular weight excluding hydrogens is 729 g/mol. The summed E-state index contributed by atoms with van der Waals surface area (Å²) >= 11 is 0. The first kappa shape index (κ1) is 33.2. The van der Waals surface area contributed by atoms with E-state index in [1.165, 1.54) is 72.0 Å². The van der Waals surface area contributed by atoms with E-state index in [1.54, 1.807) is 0 Å². The van der Waals surface area contributed by atoms with Gasteiger partial charge in [-0.1, -0.05) is 182 Å². The van der Waals surface area contributed by atoms with Gasteiger partial charge in [-0.15, -0.1) is 0 Å². The lowest BCUT2D eigenvalue weighted by Crippen LogP contribution is -2.26. The number of hydrogen-bond donors (Lipinski definition) is 1. The second-order valence-corrected chi connectivity index (χ2v) is 16.2. The van der Waals surface area contributed by atoms with Crippen LogP contribution in [-0.2, 0) is 5.41 Å². The Morgan fingerprint density at radius 2 is 1.05 bits per heavy atom. The number of furan rings is 1. The topological polar surface area (TPSA) is 37.5 Å². The van der Waals surface area contributed by atoms with Crippen molar-refractivity contribution in [2.45, 2.75) is 11.6 Å². The van der Waals surface area contributed by atoms with Gasteiger partial charge in [0, 0.05) is 10.9 Å². The summed E-state index contributed by atoms with van der Waals surface area (Å²) in [5, 5.41) is 7.33. The number of nitrogens with one attached hydrogen (secondary N) is 1. The monoisotopic (exact) mass is 764 g/mol. The van der Waals surface area contributed by atoms with Crippen molar-refractivity contribution >= 4 is 33.1 Å². The number of benzene rings is 9. The summed E-state index contributed by atoms with van der Waals surface area (Å²) in [7, 11) is 0. The van der Waals surface area contributed by atoms with Crippen LogP contribution in [0.15, 0.2) is 216 Å². The van der Waals surface area contributed by atoms with E-state index in [-0.39, 0.29) is 6.17 Å². The Bertz CT molecular complexity index is 3350. The van der Waals surface area contributed by atoms with Crippen LogP contribution in [0.4, 0.5) is 5.69 Å². The summed E-state index contributed by atoms with van der Waals surface area (Å²) < 4.78 is 6.42. The molecule has 3 nitrogen and oxygen atoms in total. The van der Waals surface area contributed by atoms with Crippen molar-refractivity contribution in [3.63, 3.8) is 0 Å². The summed E-state index contributed by atoms with van der Waals surface area (Å²) in [6.45, 7) is 0. The zero-order valence-corrected chi connectivity index (χ0v) is 32.6. The predicted octanol–water partition coefficient (Wildman–Crippen LogP) is 14.2. The molecule has 1 aliphatic heterocycles. The minimum Gasteiger partial charge on any atom is -0.452 e. The number of nitrogens with zero attached hydrogens (tertiary/aromatic N) is 1. The highest BCUT2D eigenvalue weighted by Gasteiger charge is 2.52. The summed E-state index contributed by atoms with van der Waals surface area (Å²) in [4.78, 5) is 5.29. The SMILES string of the molecule is c1ccc(C2=NC(c3ccc(-c4ccc5c(c4)C4(c6ccccc6-c6ccccc64)c4cc6ccccc6c(-c6ccccc6)c4-5)cc3)Nc3c2oc2ccccc32)cc1. The lowest BCUT2D eigenvalue weighted by Gasteiger charge is -2.31. The third-order valence-electron chi connectivity index (χ3n) is 13.1. The minimum absolute atomic E-state index is 0.280. The number of fused-ring (bicyclic) bond motifs is 14. The molecule has 1 N–H and O–H groups in total. The molecule has 9 aromatic carbocycles. The minimum atomic E-state index is -0.485. The lowest BCUT2D eigenvalue weighted by atomic mass is 9.69. The molecule has 280 valence electrons. The average Bonchev–Trinajstić information content (AvgIpc) is 3.95. The molecular formula is C57H36N2O. The highest BCUT2D eigenvalue weighted by atomic mass is 16.3. The molecule has 0 fully saturated rings. The maximum atomic E-state index is 6.42. The Morgan fingerprint density at radius 3 is 1.80 bits per heavy atom. The van der Waals surface area contributed by atoms with Crippen LogP contribution in [0.1, 0.15) is 45.3 Å². The number of rotatable bonds is 4. The zero-order valence-electron chi connectivity index (χ0n) is 32.6. The van der Waals surface area contributed by atoms with E-state index in [2.05, 4.69) is 193 Å². The summed E-state index contributed by atoms with van der Waals surface area (Å²) in [6.07, 6.45) is -0.280. The largest absolute Gasteiger partial charge is 0.452 e. The molecule has 2 heterocycles. The average molecular weight is 765 g/mol. The Labute approximate surface area is 348 Å². The molecule has 60 heavy (non-hydrogen) atoms. The quantitative estimate of drug-likeness (QED) is 0.194. The van der Waals surface area contributed by atoms with Crippen molar-refractivity contribution in [1.29, 1.82) is 0 Å². The number of aliphatic imine (C=N–C) groups is 1. The van der Waals surface area contributed by atoms with Gasteiger partial charge in [0.15, 0.2) is 5.76 Å². The van der Waals surface area contributed by atoms with E-state index in [0.29, 0.717) is 0 Å². The molecule has 0 amide bonds. The van der Waals surface area contributed by atoms with Crippen LogP contribution in [0.5, 0.6) is 0 Å². The van der Waals surface area contributed by atoms with Gasteiger partial charge in [-0.25, -0.2) is 0 Å². The zero-order chi connectivity index (χ0) is 39.4. The maximum Gasteiger partial charge on any atom is 0.177 e. The predicted molar refractivity (Wildman–Crippen MR) is 246 cm³/mol. The van der Waals surface area contributed by atoms with Gasteiger partial charge in [0.2, 0.25) is 0 Å². The summed E-state index contributed by atoms with van der Waals surface area (Å²) in [5.74, 6) is 0.779. The molecule has 1 atom stereocenters. The van der Waals surface area contributed by atoms with Gasteiger partial charge >= 0.3 is 0 Å². The summed E-state index contributed by atoms with van der Waals surface area (Å²) in [6, 6.07) is 75.2. The normalized spacial score (nSPS) is 15.2. The fourth-order valence-corrected chi connectivity index (χ4v) is 10.6. The molecule has 3 heteroatoms. The molecule has 3 aliphatic rings. The Balaban J connectivity index is 0.995. The molecule has 0 radical (unpaired) electrons. The van der Waals surface area contributed by atoms with Gasteiger partial charge in [0.25, 0.3) is 0 Å². The van der Waals surface area contributed by atoms with Crippen LogP contribution in [0.3, 0.4) is 0 Å². The van der Waals surface area contributed by atoms with E-state index in [9.17, 15) is 0 Å². The van der Waals surface area contributed by atoms with Crippen LogP contribution in [0, 0.1) is 0 Å². The second-order valence-electron chi connectivity index (χ2n) is 16.2. The van der Waals surface area contributed by atoms with E-state index in [4.69, 9.17) is 9.41 Å². The highest BCUT2D eigenvalue weighted by Crippen LogP contribution is 2.65. The Kier molecular flexibility index (Phi) is 6.99. The molecule has 0 bridgehead atoms. The van der Waals surface area contributed by atoms with Gasteiger partial charge in [0.1, 0.15) is 17.5 Å². The van der Waals surface area contributed by atoms with E-state index >= 15 is 0 Å².